The molecule has 2 aliphatic rings. The number of thiazole rings is 1. The molecule has 1 saturated carbocycles. The molecule has 4 rings (SSSR count). The fraction of sp³-hybridized carbons (Fsp3) is 0.545. The van der Waals surface area contributed by atoms with Crippen LogP contribution in [-0.4, -0.2) is 54.6 Å². The molecule has 1 aliphatic carbocycles. The molecule has 1 unspecified atom stereocenters. The second-order valence-electron chi connectivity index (χ2n) is 8.17. The number of hydrogen-bond acceptors (Lipinski definition) is 5. The van der Waals surface area contributed by atoms with Crippen molar-refractivity contribution in [2.24, 2.45) is 0 Å². The van der Waals surface area contributed by atoms with Crippen LogP contribution in [0.25, 0.3) is 0 Å². The summed E-state index contributed by atoms with van der Waals surface area (Å²) < 4.78 is 0. The third kappa shape index (κ3) is 4.92. The van der Waals surface area contributed by atoms with E-state index in [1.54, 1.807) is 17.5 Å². The highest BCUT2D eigenvalue weighted by Crippen LogP contribution is 2.41. The van der Waals surface area contributed by atoms with E-state index in [1.807, 2.05) is 0 Å². The third-order valence-corrected chi connectivity index (χ3v) is 6.83. The summed E-state index contributed by atoms with van der Waals surface area (Å²) in [4.78, 5) is 22.6. The van der Waals surface area contributed by atoms with Gasteiger partial charge < -0.3 is 10.2 Å². The van der Waals surface area contributed by atoms with Crippen LogP contribution in [0.2, 0.25) is 0 Å². The lowest BCUT2D eigenvalue weighted by atomic mass is 10.1. The molecular weight excluding hydrogens is 368 g/mol. The number of carbonyl (C=O) groups excluding carboxylic acids is 1. The van der Waals surface area contributed by atoms with Gasteiger partial charge in [0.25, 0.3) is 5.91 Å². The van der Waals surface area contributed by atoms with Crippen molar-refractivity contribution in [3.8, 4) is 0 Å². The average Bonchev–Trinajstić information content (AvgIpc) is 3.43. The number of hydrogen-bond donors (Lipinski definition) is 1. The van der Waals surface area contributed by atoms with Crippen LogP contribution in [-0.2, 0) is 0 Å². The molecule has 0 spiro atoms. The van der Waals surface area contributed by atoms with E-state index in [0.717, 1.165) is 49.0 Å². The van der Waals surface area contributed by atoms with Crippen molar-refractivity contribution < 1.29 is 4.79 Å². The Balaban J connectivity index is 1.19. The highest BCUT2D eigenvalue weighted by atomic mass is 32.1. The van der Waals surface area contributed by atoms with Gasteiger partial charge in [-0.1, -0.05) is 12.1 Å². The third-order valence-electron chi connectivity index (χ3n) is 5.67. The van der Waals surface area contributed by atoms with E-state index in [2.05, 4.69) is 58.2 Å². The number of rotatable bonds is 7. The maximum atomic E-state index is 12.4. The van der Waals surface area contributed by atoms with Crippen LogP contribution >= 0.6 is 11.3 Å². The van der Waals surface area contributed by atoms with E-state index in [1.165, 1.54) is 24.1 Å². The Hall–Kier alpha value is -1.92. The zero-order valence-corrected chi connectivity index (χ0v) is 17.7. The Morgan fingerprint density at radius 1 is 1.29 bits per heavy atom. The fourth-order valence-corrected chi connectivity index (χ4v) is 4.70. The smallest absolute Gasteiger partial charge is 0.263 e. The molecule has 6 heteroatoms. The largest absolute Gasteiger partial charge is 0.369 e. The number of amides is 1. The quantitative estimate of drug-likeness (QED) is 0.773. The highest BCUT2D eigenvalue weighted by Gasteiger charge is 2.27. The predicted octanol–water partition coefficient (Wildman–Crippen LogP) is 3.66. The number of aromatic nitrogens is 1. The van der Waals surface area contributed by atoms with Crippen LogP contribution in [0.5, 0.6) is 0 Å². The van der Waals surface area contributed by atoms with E-state index in [9.17, 15) is 4.79 Å². The van der Waals surface area contributed by atoms with Crippen LogP contribution in [0.4, 0.5) is 5.69 Å². The minimum absolute atomic E-state index is 0.0289. The first-order valence-corrected chi connectivity index (χ1v) is 11.2. The first kappa shape index (κ1) is 19.4. The van der Waals surface area contributed by atoms with Gasteiger partial charge in [-0.3, -0.25) is 9.69 Å². The Labute approximate surface area is 171 Å². The lowest BCUT2D eigenvalue weighted by Gasteiger charge is -2.36. The Morgan fingerprint density at radius 3 is 2.79 bits per heavy atom. The number of anilines is 1. The van der Waals surface area contributed by atoms with Crippen molar-refractivity contribution in [1.82, 2.24) is 15.2 Å². The van der Waals surface area contributed by atoms with E-state index in [0.29, 0.717) is 5.92 Å². The first-order chi connectivity index (χ1) is 13.6. The number of carbonyl (C=O) groups is 1. The zero-order chi connectivity index (χ0) is 19.5. The molecule has 2 aromatic rings. The maximum Gasteiger partial charge on any atom is 0.263 e. The van der Waals surface area contributed by atoms with Crippen LogP contribution in [0.3, 0.4) is 0 Å². The highest BCUT2D eigenvalue weighted by molar-refractivity contribution is 7.13. The molecule has 1 atom stereocenters. The summed E-state index contributed by atoms with van der Waals surface area (Å²) in [5.74, 6) is 0.642. The van der Waals surface area contributed by atoms with Crippen LogP contribution in [0, 0.1) is 6.92 Å². The van der Waals surface area contributed by atoms with Gasteiger partial charge in [0.2, 0.25) is 0 Å². The van der Waals surface area contributed by atoms with Gasteiger partial charge in [0.15, 0.2) is 0 Å². The molecule has 1 saturated heterocycles. The Bertz CT molecular complexity index is 808. The van der Waals surface area contributed by atoms with Crippen LogP contribution < -0.4 is 10.2 Å². The maximum absolute atomic E-state index is 12.4. The van der Waals surface area contributed by atoms with Crippen molar-refractivity contribution in [2.75, 3.05) is 37.6 Å². The normalized spacial score (nSPS) is 18.9. The number of aryl methyl sites for hydroxylation is 1. The summed E-state index contributed by atoms with van der Waals surface area (Å²) in [5, 5.41) is 4.27. The molecule has 2 fully saturated rings. The van der Waals surface area contributed by atoms with Gasteiger partial charge in [-0.05, 0) is 50.8 Å². The molecule has 1 N–H and O–H groups in total. The van der Waals surface area contributed by atoms with Gasteiger partial charge in [0, 0.05) is 50.4 Å². The number of benzene rings is 1. The number of nitrogens with zero attached hydrogens (tertiary/aromatic N) is 3. The van der Waals surface area contributed by atoms with Gasteiger partial charge in [-0.15, -0.1) is 11.3 Å². The average molecular weight is 399 g/mol. The summed E-state index contributed by atoms with van der Waals surface area (Å²) >= 11 is 1.56. The second kappa shape index (κ2) is 8.62. The minimum Gasteiger partial charge on any atom is -0.369 e. The zero-order valence-electron chi connectivity index (χ0n) is 16.9. The van der Waals surface area contributed by atoms with Crippen molar-refractivity contribution in [2.45, 2.75) is 45.1 Å². The lowest BCUT2D eigenvalue weighted by Crippen LogP contribution is -2.47. The number of piperazine rings is 1. The fourth-order valence-electron chi connectivity index (χ4n) is 3.71. The van der Waals surface area contributed by atoms with Gasteiger partial charge in [-0.25, -0.2) is 4.98 Å². The molecule has 150 valence electrons. The van der Waals surface area contributed by atoms with E-state index >= 15 is 0 Å². The van der Waals surface area contributed by atoms with Gasteiger partial charge >= 0.3 is 0 Å². The second-order valence-corrected chi connectivity index (χ2v) is 9.23. The summed E-state index contributed by atoms with van der Waals surface area (Å²) in [5.41, 5.74) is 2.64. The summed E-state index contributed by atoms with van der Waals surface area (Å²) in [6.07, 6.45) is 5.17. The molecular formula is C22H30N4OS. The molecule has 1 aliphatic heterocycles. The summed E-state index contributed by atoms with van der Waals surface area (Å²) in [6, 6.07) is 8.93. The Morgan fingerprint density at radius 2 is 2.07 bits per heavy atom. The summed E-state index contributed by atoms with van der Waals surface area (Å²) in [6.45, 7) is 9.56. The monoisotopic (exact) mass is 398 g/mol. The summed E-state index contributed by atoms with van der Waals surface area (Å²) in [7, 11) is 0. The van der Waals surface area contributed by atoms with Crippen molar-refractivity contribution in [3.63, 3.8) is 0 Å². The van der Waals surface area contributed by atoms with Crippen molar-refractivity contribution >= 4 is 22.9 Å². The minimum atomic E-state index is 0.0289. The number of nitrogens with one attached hydrogen (secondary N) is 1. The molecule has 0 radical (unpaired) electrons. The molecule has 2 heterocycles. The van der Waals surface area contributed by atoms with Crippen LogP contribution in [0.15, 0.2) is 30.5 Å². The molecule has 1 amide bonds. The van der Waals surface area contributed by atoms with E-state index < -0.39 is 0 Å². The van der Waals surface area contributed by atoms with Crippen LogP contribution in [0.1, 0.15) is 52.3 Å². The van der Waals surface area contributed by atoms with Gasteiger partial charge in [-0.2, -0.15) is 0 Å². The molecule has 28 heavy (non-hydrogen) atoms. The lowest BCUT2D eigenvalue weighted by molar-refractivity contribution is 0.0939. The van der Waals surface area contributed by atoms with Gasteiger partial charge in [0.05, 0.1) is 11.2 Å². The topological polar surface area (TPSA) is 48.5 Å². The van der Waals surface area contributed by atoms with E-state index in [4.69, 9.17) is 0 Å². The molecule has 0 bridgehead atoms. The van der Waals surface area contributed by atoms with E-state index in [-0.39, 0.29) is 11.9 Å². The standard InChI is InChI=1S/C22H30N4OS/c1-16-4-3-5-19(14-16)26-12-10-25(11-13-26)9-8-17(2)24-21(27)20-15-23-22(28-20)18-6-7-18/h3-5,14-15,17-18H,6-13H2,1-2H3,(H,24,27). The van der Waals surface area contributed by atoms with Gasteiger partial charge in [0.1, 0.15) is 4.88 Å². The van der Waals surface area contributed by atoms with Crippen molar-refractivity contribution in [1.29, 1.82) is 0 Å². The van der Waals surface area contributed by atoms with Crippen molar-refractivity contribution in [3.05, 3.63) is 45.9 Å². The molecule has 1 aromatic carbocycles. The first-order valence-electron chi connectivity index (χ1n) is 10.4. The molecule has 5 nitrogen and oxygen atoms in total. The molecule has 1 aromatic heterocycles. The predicted molar refractivity (Wildman–Crippen MR) is 115 cm³/mol. The Kier molecular flexibility index (Phi) is 5.97. The SMILES string of the molecule is Cc1cccc(N2CCN(CCC(C)NC(=O)c3cnc(C4CC4)s3)CC2)c1.